The van der Waals surface area contributed by atoms with Gasteiger partial charge in [-0.15, -0.1) is 0 Å². The Kier molecular flexibility index (Phi) is 6.18. The largest absolute Gasteiger partial charge is 0.372 e. The quantitative estimate of drug-likeness (QED) is 0.750. The second-order valence-corrected chi connectivity index (χ2v) is 7.29. The van der Waals surface area contributed by atoms with Crippen LogP contribution in [0, 0.1) is 30.1 Å². The molecule has 0 radical (unpaired) electrons. The Hall–Kier alpha value is -3.33. The fourth-order valence-electron chi connectivity index (χ4n) is 3.44. The maximum atomic E-state index is 12.6. The molecule has 3 rings (SSSR count). The van der Waals surface area contributed by atoms with E-state index in [1.54, 1.807) is 24.3 Å². The average Bonchev–Trinajstić information content (AvgIpc) is 3.52. The van der Waals surface area contributed by atoms with Crippen molar-refractivity contribution in [3.8, 4) is 6.07 Å². The molecule has 1 aliphatic carbocycles. The summed E-state index contributed by atoms with van der Waals surface area (Å²) in [5, 5.41) is 14.6. The monoisotopic (exact) mass is 390 g/mol. The molecule has 2 atom stereocenters. The molecule has 2 N–H and O–H groups in total. The summed E-state index contributed by atoms with van der Waals surface area (Å²) < 4.78 is 0. The van der Waals surface area contributed by atoms with E-state index < -0.39 is 0 Å². The molecule has 2 amide bonds. The van der Waals surface area contributed by atoms with Crippen LogP contribution in [0.3, 0.4) is 0 Å². The SMILES string of the molecule is CCN(CC)c1ccc(NC(=O)C2CC2C(=O)Nc2ccc(C#N)cc2)c(C)c1. The lowest BCUT2D eigenvalue weighted by Gasteiger charge is -2.22. The number of hydrogen-bond acceptors (Lipinski definition) is 4. The minimum Gasteiger partial charge on any atom is -0.372 e. The topological polar surface area (TPSA) is 85.2 Å². The van der Waals surface area contributed by atoms with Crippen molar-refractivity contribution in [1.29, 1.82) is 5.26 Å². The van der Waals surface area contributed by atoms with E-state index in [9.17, 15) is 9.59 Å². The highest BCUT2D eigenvalue weighted by atomic mass is 16.2. The van der Waals surface area contributed by atoms with E-state index in [1.807, 2.05) is 25.1 Å². The van der Waals surface area contributed by atoms with Crippen molar-refractivity contribution in [2.75, 3.05) is 28.6 Å². The molecule has 2 aromatic rings. The van der Waals surface area contributed by atoms with Gasteiger partial charge in [-0.3, -0.25) is 9.59 Å². The summed E-state index contributed by atoms with van der Waals surface area (Å²) in [6.45, 7) is 8.07. The van der Waals surface area contributed by atoms with E-state index in [0.717, 1.165) is 30.0 Å². The molecule has 0 aliphatic heterocycles. The maximum Gasteiger partial charge on any atom is 0.228 e. The zero-order valence-electron chi connectivity index (χ0n) is 17.0. The predicted octanol–water partition coefficient (Wildman–Crippen LogP) is 3.93. The molecule has 1 saturated carbocycles. The fourth-order valence-corrected chi connectivity index (χ4v) is 3.44. The van der Waals surface area contributed by atoms with E-state index in [1.165, 1.54) is 0 Å². The molecule has 0 aromatic heterocycles. The van der Waals surface area contributed by atoms with Crippen LogP contribution in [0.2, 0.25) is 0 Å². The molecule has 150 valence electrons. The Morgan fingerprint density at radius 1 is 1.03 bits per heavy atom. The van der Waals surface area contributed by atoms with Gasteiger partial charge in [0.25, 0.3) is 0 Å². The molecular formula is C23H26N4O2. The summed E-state index contributed by atoms with van der Waals surface area (Å²) in [4.78, 5) is 27.2. The molecule has 2 unspecified atom stereocenters. The Balaban J connectivity index is 1.57. The normalized spacial score (nSPS) is 17.2. The molecule has 29 heavy (non-hydrogen) atoms. The summed E-state index contributed by atoms with van der Waals surface area (Å²) in [6, 6.07) is 14.7. The van der Waals surface area contributed by atoms with Gasteiger partial charge in [0.05, 0.1) is 23.5 Å². The van der Waals surface area contributed by atoms with Crippen LogP contribution < -0.4 is 15.5 Å². The van der Waals surface area contributed by atoms with Gasteiger partial charge in [0.15, 0.2) is 0 Å². The molecule has 0 spiro atoms. The first-order valence-electron chi connectivity index (χ1n) is 9.94. The molecule has 1 aliphatic rings. The van der Waals surface area contributed by atoms with Gasteiger partial charge in [-0.2, -0.15) is 5.26 Å². The summed E-state index contributed by atoms with van der Waals surface area (Å²) in [7, 11) is 0. The summed E-state index contributed by atoms with van der Waals surface area (Å²) in [5.74, 6) is -0.914. The fraction of sp³-hybridized carbons (Fsp3) is 0.348. The number of nitrogens with one attached hydrogen (secondary N) is 2. The third-order valence-corrected chi connectivity index (χ3v) is 5.34. The second-order valence-electron chi connectivity index (χ2n) is 7.29. The van der Waals surface area contributed by atoms with Crippen LogP contribution in [0.15, 0.2) is 42.5 Å². The second kappa shape index (κ2) is 8.78. The zero-order valence-corrected chi connectivity index (χ0v) is 17.0. The van der Waals surface area contributed by atoms with Crippen LogP contribution in [-0.2, 0) is 9.59 Å². The van der Waals surface area contributed by atoms with E-state index in [0.29, 0.717) is 17.7 Å². The van der Waals surface area contributed by atoms with Crippen LogP contribution in [0.4, 0.5) is 17.1 Å². The first kappa shape index (κ1) is 20.4. The third kappa shape index (κ3) is 4.75. The molecule has 2 aromatic carbocycles. The van der Waals surface area contributed by atoms with Crippen LogP contribution in [0.25, 0.3) is 0 Å². The number of hydrogen-bond donors (Lipinski definition) is 2. The van der Waals surface area contributed by atoms with Crippen LogP contribution >= 0.6 is 0 Å². The number of benzene rings is 2. The number of carbonyl (C=O) groups excluding carboxylic acids is 2. The van der Waals surface area contributed by atoms with Crippen molar-refractivity contribution in [2.45, 2.75) is 27.2 Å². The number of anilines is 3. The van der Waals surface area contributed by atoms with Gasteiger partial charge in [0.2, 0.25) is 11.8 Å². The lowest BCUT2D eigenvalue weighted by molar-refractivity contribution is -0.122. The minimum absolute atomic E-state index is 0.122. The number of amides is 2. The van der Waals surface area contributed by atoms with Crippen molar-refractivity contribution >= 4 is 28.9 Å². The Morgan fingerprint density at radius 2 is 1.66 bits per heavy atom. The smallest absolute Gasteiger partial charge is 0.228 e. The van der Waals surface area contributed by atoms with Gasteiger partial charge in [-0.1, -0.05) is 0 Å². The van der Waals surface area contributed by atoms with Gasteiger partial charge in [0.1, 0.15) is 0 Å². The van der Waals surface area contributed by atoms with E-state index in [4.69, 9.17) is 5.26 Å². The Labute approximate surface area is 171 Å². The first-order valence-corrected chi connectivity index (χ1v) is 9.94. The average molecular weight is 390 g/mol. The Bertz CT molecular complexity index is 942. The first-order chi connectivity index (χ1) is 14.0. The van der Waals surface area contributed by atoms with Gasteiger partial charge < -0.3 is 15.5 Å². The third-order valence-electron chi connectivity index (χ3n) is 5.34. The highest BCUT2D eigenvalue weighted by molar-refractivity contribution is 6.03. The van der Waals surface area contributed by atoms with Crippen molar-refractivity contribution in [2.24, 2.45) is 11.8 Å². The molecule has 0 saturated heterocycles. The molecular weight excluding hydrogens is 364 g/mol. The molecule has 6 nitrogen and oxygen atoms in total. The van der Waals surface area contributed by atoms with Gasteiger partial charge in [0, 0.05) is 30.2 Å². The number of rotatable bonds is 7. The van der Waals surface area contributed by atoms with Crippen LogP contribution in [0.5, 0.6) is 0 Å². The van der Waals surface area contributed by atoms with Gasteiger partial charge in [-0.25, -0.2) is 0 Å². The van der Waals surface area contributed by atoms with E-state index in [2.05, 4.69) is 35.4 Å². The van der Waals surface area contributed by atoms with Gasteiger partial charge >= 0.3 is 0 Å². The number of nitrogens with zero attached hydrogens (tertiary/aromatic N) is 2. The standard InChI is InChI=1S/C23H26N4O2/c1-4-27(5-2)18-10-11-21(15(3)12-18)26-23(29)20-13-19(20)22(28)25-17-8-6-16(14-24)7-9-17/h6-12,19-20H,4-5,13H2,1-3H3,(H,25,28)(H,26,29). The van der Waals surface area contributed by atoms with Crippen molar-refractivity contribution < 1.29 is 9.59 Å². The molecule has 1 fully saturated rings. The van der Waals surface area contributed by atoms with E-state index >= 15 is 0 Å². The maximum absolute atomic E-state index is 12.6. The van der Waals surface area contributed by atoms with Crippen LogP contribution in [-0.4, -0.2) is 24.9 Å². The number of carbonyl (C=O) groups is 2. The lowest BCUT2D eigenvalue weighted by Crippen LogP contribution is -2.22. The molecule has 0 heterocycles. The number of aryl methyl sites for hydroxylation is 1. The van der Waals surface area contributed by atoms with Crippen LogP contribution in [0.1, 0.15) is 31.4 Å². The highest BCUT2D eigenvalue weighted by Crippen LogP contribution is 2.40. The van der Waals surface area contributed by atoms with E-state index in [-0.39, 0.29) is 23.7 Å². The zero-order chi connectivity index (χ0) is 21.0. The minimum atomic E-state index is -0.319. The molecule has 0 bridgehead atoms. The summed E-state index contributed by atoms with van der Waals surface area (Å²) >= 11 is 0. The molecule has 6 heteroatoms. The van der Waals surface area contributed by atoms with Gasteiger partial charge in [-0.05, 0) is 75.2 Å². The van der Waals surface area contributed by atoms with Crippen molar-refractivity contribution in [3.05, 3.63) is 53.6 Å². The van der Waals surface area contributed by atoms with Crippen molar-refractivity contribution in [1.82, 2.24) is 0 Å². The summed E-state index contributed by atoms with van der Waals surface area (Å²) in [5.41, 5.74) is 4.08. The lowest BCUT2D eigenvalue weighted by atomic mass is 10.1. The Morgan fingerprint density at radius 3 is 2.21 bits per heavy atom. The predicted molar refractivity (Wildman–Crippen MR) is 115 cm³/mol. The number of nitriles is 1. The van der Waals surface area contributed by atoms with Crippen molar-refractivity contribution in [3.63, 3.8) is 0 Å². The summed E-state index contributed by atoms with van der Waals surface area (Å²) in [6.07, 6.45) is 0.546. The highest BCUT2D eigenvalue weighted by Gasteiger charge is 2.48.